The Bertz CT molecular complexity index is 952. The summed E-state index contributed by atoms with van der Waals surface area (Å²) in [5.41, 5.74) is 6.05. The number of halogens is 5. The Balaban J connectivity index is 1.42. The van der Waals surface area contributed by atoms with E-state index >= 15 is 0 Å². The van der Waals surface area contributed by atoms with E-state index in [0.29, 0.717) is 41.5 Å². The summed E-state index contributed by atoms with van der Waals surface area (Å²) in [5.74, 6) is -4.75. The molecule has 6 heteroatoms. The molecule has 2 aromatic carbocycles. The van der Waals surface area contributed by atoms with Crippen LogP contribution >= 0.6 is 0 Å². The summed E-state index contributed by atoms with van der Waals surface area (Å²) in [6.45, 7) is 2.14. The maximum atomic E-state index is 15.0. The highest BCUT2D eigenvalue weighted by atomic mass is 19.2. The minimum Gasteiger partial charge on any atom is -0.327 e. The fraction of sp³-hybridized carbons (Fsp3) is 0.556. The van der Waals surface area contributed by atoms with Gasteiger partial charge in [-0.05, 0) is 105 Å². The maximum absolute atomic E-state index is 15.0. The molecule has 0 amide bonds. The van der Waals surface area contributed by atoms with Crippen molar-refractivity contribution in [3.63, 3.8) is 0 Å². The summed E-state index contributed by atoms with van der Waals surface area (Å²) in [6.07, 6.45) is 9.40. The Kier molecular flexibility index (Phi) is 7.42. The molecule has 2 aromatic rings. The maximum Gasteiger partial charge on any atom is 0.194 e. The van der Waals surface area contributed by atoms with Gasteiger partial charge >= 0.3 is 0 Å². The quantitative estimate of drug-likeness (QED) is 0.353. The lowest BCUT2D eigenvalue weighted by molar-refractivity contribution is 0.148. The van der Waals surface area contributed by atoms with E-state index in [4.69, 9.17) is 5.73 Å². The molecular formula is C27H32F5N. The first kappa shape index (κ1) is 24.2. The second-order valence-electron chi connectivity index (χ2n) is 9.94. The third-order valence-corrected chi connectivity index (χ3v) is 8.18. The second kappa shape index (κ2) is 10.1. The van der Waals surface area contributed by atoms with Crippen LogP contribution in [-0.4, -0.2) is 6.04 Å². The third-order valence-electron chi connectivity index (χ3n) is 8.18. The molecule has 4 rings (SSSR count). The summed E-state index contributed by atoms with van der Waals surface area (Å²) >= 11 is 0. The number of hydrogen-bond acceptors (Lipinski definition) is 1. The van der Waals surface area contributed by atoms with Crippen LogP contribution in [0.4, 0.5) is 22.0 Å². The van der Waals surface area contributed by atoms with Crippen molar-refractivity contribution in [3.05, 3.63) is 58.9 Å². The van der Waals surface area contributed by atoms with Crippen LogP contribution in [0.3, 0.4) is 0 Å². The standard InChI is InChI=1S/C27H32F5N/c1-2-24(33)18-9-5-16(6-10-18)15-3-7-17(8-4-15)20-11-12-21(26(31)25(20)30)19-13-22(28)27(32)23(29)14-19/h11-18,24H,2-10,33H2,1H3. The molecule has 0 aliphatic heterocycles. The van der Waals surface area contributed by atoms with Gasteiger partial charge in [0.15, 0.2) is 29.1 Å². The van der Waals surface area contributed by atoms with Gasteiger partial charge in [0.05, 0.1) is 0 Å². The average molecular weight is 466 g/mol. The molecule has 2 N–H and O–H groups in total. The molecular weight excluding hydrogens is 433 g/mol. The van der Waals surface area contributed by atoms with Crippen LogP contribution in [0.5, 0.6) is 0 Å². The molecule has 33 heavy (non-hydrogen) atoms. The first-order valence-electron chi connectivity index (χ1n) is 12.2. The molecule has 1 atom stereocenters. The van der Waals surface area contributed by atoms with E-state index in [1.165, 1.54) is 37.8 Å². The molecule has 0 spiro atoms. The van der Waals surface area contributed by atoms with E-state index in [0.717, 1.165) is 32.1 Å². The minimum atomic E-state index is -1.63. The number of nitrogens with two attached hydrogens (primary N) is 1. The second-order valence-corrected chi connectivity index (χ2v) is 9.94. The molecule has 180 valence electrons. The first-order chi connectivity index (χ1) is 15.8. The molecule has 1 nitrogen and oxygen atoms in total. The predicted octanol–water partition coefficient (Wildman–Crippen LogP) is 7.87. The van der Waals surface area contributed by atoms with Gasteiger partial charge in [0.25, 0.3) is 0 Å². The van der Waals surface area contributed by atoms with Crippen LogP contribution in [-0.2, 0) is 0 Å². The molecule has 0 aromatic heterocycles. The Morgan fingerprint density at radius 3 is 1.85 bits per heavy atom. The highest BCUT2D eigenvalue weighted by molar-refractivity contribution is 5.65. The summed E-state index contributed by atoms with van der Waals surface area (Å²) in [5, 5.41) is 0. The zero-order chi connectivity index (χ0) is 23.7. The van der Waals surface area contributed by atoms with Crippen molar-refractivity contribution in [1.29, 1.82) is 0 Å². The van der Waals surface area contributed by atoms with E-state index in [1.54, 1.807) is 0 Å². The van der Waals surface area contributed by atoms with Gasteiger partial charge in [-0.3, -0.25) is 0 Å². The largest absolute Gasteiger partial charge is 0.327 e. The summed E-state index contributed by atoms with van der Waals surface area (Å²) in [4.78, 5) is 0. The molecule has 2 saturated carbocycles. The fourth-order valence-corrected chi connectivity index (χ4v) is 6.09. The van der Waals surface area contributed by atoms with Crippen molar-refractivity contribution < 1.29 is 22.0 Å². The lowest BCUT2D eigenvalue weighted by Crippen LogP contribution is -2.34. The molecule has 2 aliphatic carbocycles. The smallest absolute Gasteiger partial charge is 0.194 e. The third kappa shape index (κ3) is 4.96. The van der Waals surface area contributed by atoms with E-state index < -0.39 is 29.1 Å². The molecule has 2 fully saturated rings. The van der Waals surface area contributed by atoms with Crippen molar-refractivity contribution in [2.24, 2.45) is 23.5 Å². The topological polar surface area (TPSA) is 26.0 Å². The van der Waals surface area contributed by atoms with Crippen molar-refractivity contribution in [1.82, 2.24) is 0 Å². The fourth-order valence-electron chi connectivity index (χ4n) is 6.09. The summed E-state index contributed by atoms with van der Waals surface area (Å²) in [7, 11) is 0. The van der Waals surface area contributed by atoms with Crippen molar-refractivity contribution in [3.8, 4) is 11.1 Å². The Hall–Kier alpha value is -1.95. The molecule has 0 bridgehead atoms. The predicted molar refractivity (Wildman–Crippen MR) is 120 cm³/mol. The van der Waals surface area contributed by atoms with Gasteiger partial charge < -0.3 is 5.73 Å². The number of rotatable bonds is 5. The van der Waals surface area contributed by atoms with E-state index in [2.05, 4.69) is 6.92 Å². The van der Waals surface area contributed by atoms with Crippen molar-refractivity contribution >= 4 is 0 Å². The van der Waals surface area contributed by atoms with Gasteiger partial charge in [-0.2, -0.15) is 0 Å². The normalized spacial score (nSPS) is 26.9. The summed E-state index contributed by atoms with van der Waals surface area (Å²) < 4.78 is 70.2. The molecule has 1 unspecified atom stereocenters. The monoisotopic (exact) mass is 465 g/mol. The van der Waals surface area contributed by atoms with Crippen LogP contribution in [0.2, 0.25) is 0 Å². The van der Waals surface area contributed by atoms with E-state index in [9.17, 15) is 22.0 Å². The average Bonchev–Trinajstić information content (AvgIpc) is 2.83. The lowest BCUT2D eigenvalue weighted by Gasteiger charge is -2.39. The lowest BCUT2D eigenvalue weighted by atomic mass is 9.67. The zero-order valence-electron chi connectivity index (χ0n) is 19.0. The van der Waals surface area contributed by atoms with Gasteiger partial charge in [-0.1, -0.05) is 19.1 Å². The molecule has 0 saturated heterocycles. The van der Waals surface area contributed by atoms with Gasteiger partial charge in [-0.25, -0.2) is 22.0 Å². The van der Waals surface area contributed by atoms with E-state index in [-0.39, 0.29) is 17.0 Å². The van der Waals surface area contributed by atoms with Gasteiger partial charge in [0.2, 0.25) is 0 Å². The molecule has 0 heterocycles. The number of hydrogen-bond donors (Lipinski definition) is 1. The van der Waals surface area contributed by atoms with Gasteiger partial charge in [0, 0.05) is 11.6 Å². The first-order valence-corrected chi connectivity index (χ1v) is 12.2. The van der Waals surface area contributed by atoms with Gasteiger partial charge in [-0.15, -0.1) is 0 Å². The van der Waals surface area contributed by atoms with Crippen LogP contribution in [0.25, 0.3) is 11.1 Å². The minimum absolute atomic E-state index is 0.0728. The zero-order valence-corrected chi connectivity index (χ0v) is 19.0. The van der Waals surface area contributed by atoms with Gasteiger partial charge in [0.1, 0.15) is 0 Å². The highest BCUT2D eigenvalue weighted by Crippen LogP contribution is 2.45. The Morgan fingerprint density at radius 1 is 0.758 bits per heavy atom. The number of benzene rings is 2. The highest BCUT2D eigenvalue weighted by Gasteiger charge is 2.33. The Morgan fingerprint density at radius 2 is 1.30 bits per heavy atom. The molecule has 2 aliphatic rings. The van der Waals surface area contributed by atoms with Crippen molar-refractivity contribution in [2.75, 3.05) is 0 Å². The van der Waals surface area contributed by atoms with Crippen LogP contribution in [0, 0.1) is 46.8 Å². The Labute approximate surface area is 192 Å². The SMILES string of the molecule is CCC(N)C1CCC(C2CCC(c3ccc(-c4cc(F)c(F)c(F)c4)c(F)c3F)CC2)CC1. The van der Waals surface area contributed by atoms with Crippen LogP contribution in [0.15, 0.2) is 24.3 Å². The summed E-state index contributed by atoms with van der Waals surface area (Å²) in [6, 6.07) is 4.51. The molecule has 0 radical (unpaired) electrons. The van der Waals surface area contributed by atoms with E-state index in [1.807, 2.05) is 0 Å². The van der Waals surface area contributed by atoms with Crippen LogP contribution in [0.1, 0.15) is 76.2 Å². The van der Waals surface area contributed by atoms with Crippen LogP contribution < -0.4 is 5.73 Å². The van der Waals surface area contributed by atoms with Crippen molar-refractivity contribution in [2.45, 2.75) is 76.7 Å².